The Morgan fingerprint density at radius 3 is 2.82 bits per heavy atom. The Kier molecular flexibility index (Phi) is 3.38. The third-order valence-corrected chi connectivity index (χ3v) is 3.05. The number of benzene rings is 1. The molecular formula is C12H15BrN4. The molecular weight excluding hydrogens is 280 g/mol. The van der Waals surface area contributed by atoms with Crippen molar-refractivity contribution in [2.75, 3.05) is 11.1 Å². The second kappa shape index (κ2) is 4.79. The Balaban J connectivity index is 2.32. The molecule has 17 heavy (non-hydrogen) atoms. The fraction of sp³-hybridized carbons (Fsp3) is 0.250. The summed E-state index contributed by atoms with van der Waals surface area (Å²) in [7, 11) is 1.85. The van der Waals surface area contributed by atoms with E-state index in [0.717, 1.165) is 16.6 Å². The van der Waals surface area contributed by atoms with E-state index in [4.69, 9.17) is 5.73 Å². The van der Waals surface area contributed by atoms with Crippen LogP contribution in [0.1, 0.15) is 12.5 Å². The zero-order chi connectivity index (χ0) is 12.4. The zero-order valence-electron chi connectivity index (χ0n) is 9.87. The van der Waals surface area contributed by atoms with Crippen LogP contribution in [-0.2, 0) is 13.5 Å². The Bertz CT molecular complexity index is 533. The average molecular weight is 295 g/mol. The van der Waals surface area contributed by atoms with Crippen LogP contribution in [0.4, 0.5) is 17.2 Å². The van der Waals surface area contributed by atoms with Crippen LogP contribution in [0, 0.1) is 0 Å². The van der Waals surface area contributed by atoms with Crippen LogP contribution in [0.15, 0.2) is 28.9 Å². The summed E-state index contributed by atoms with van der Waals surface area (Å²) in [5, 5.41) is 7.53. The monoisotopic (exact) mass is 294 g/mol. The summed E-state index contributed by atoms with van der Waals surface area (Å²) in [6.45, 7) is 2.12. The molecule has 90 valence electrons. The second-order valence-corrected chi connectivity index (χ2v) is 4.80. The molecule has 4 nitrogen and oxygen atoms in total. The fourth-order valence-electron chi connectivity index (χ4n) is 1.71. The van der Waals surface area contributed by atoms with Gasteiger partial charge < -0.3 is 11.1 Å². The molecule has 0 radical (unpaired) electrons. The molecule has 2 aromatic rings. The molecule has 0 fully saturated rings. The maximum absolute atomic E-state index is 5.86. The summed E-state index contributed by atoms with van der Waals surface area (Å²) in [5.74, 6) is 0.699. The minimum atomic E-state index is 0.650. The number of anilines is 3. The van der Waals surface area contributed by atoms with Crippen molar-refractivity contribution in [3.8, 4) is 0 Å². The third-order valence-electron chi connectivity index (χ3n) is 2.56. The molecule has 0 aliphatic rings. The van der Waals surface area contributed by atoms with Gasteiger partial charge in [-0.15, -0.1) is 0 Å². The van der Waals surface area contributed by atoms with Crippen molar-refractivity contribution in [2.24, 2.45) is 7.05 Å². The first kappa shape index (κ1) is 12.0. The van der Waals surface area contributed by atoms with Gasteiger partial charge >= 0.3 is 0 Å². The lowest BCUT2D eigenvalue weighted by atomic mass is 10.1. The number of nitrogens with one attached hydrogen (secondary N) is 1. The quantitative estimate of drug-likeness (QED) is 0.915. The van der Waals surface area contributed by atoms with Gasteiger partial charge in [-0.25, -0.2) is 0 Å². The van der Waals surface area contributed by atoms with E-state index in [9.17, 15) is 0 Å². The number of rotatable bonds is 3. The van der Waals surface area contributed by atoms with Crippen LogP contribution in [0.5, 0.6) is 0 Å². The van der Waals surface area contributed by atoms with Crippen LogP contribution < -0.4 is 11.1 Å². The first-order valence-corrected chi connectivity index (χ1v) is 6.24. The minimum absolute atomic E-state index is 0.650. The second-order valence-electron chi connectivity index (χ2n) is 3.89. The highest BCUT2D eigenvalue weighted by Gasteiger charge is 2.07. The lowest BCUT2D eigenvalue weighted by molar-refractivity contribution is 0.771. The van der Waals surface area contributed by atoms with Gasteiger partial charge in [0.15, 0.2) is 5.82 Å². The van der Waals surface area contributed by atoms with Gasteiger partial charge in [0, 0.05) is 23.4 Å². The Labute approximate surface area is 109 Å². The molecule has 0 saturated carbocycles. The molecule has 1 aromatic heterocycles. The largest absolute Gasteiger partial charge is 0.394 e. The lowest BCUT2D eigenvalue weighted by Gasteiger charge is -2.09. The third kappa shape index (κ3) is 2.61. The van der Waals surface area contributed by atoms with Gasteiger partial charge in [-0.3, -0.25) is 4.68 Å². The maximum atomic E-state index is 5.86. The van der Waals surface area contributed by atoms with E-state index < -0.39 is 0 Å². The summed E-state index contributed by atoms with van der Waals surface area (Å²) in [6, 6.07) is 6.12. The molecule has 0 aliphatic carbocycles. The van der Waals surface area contributed by atoms with Gasteiger partial charge in [0.1, 0.15) is 0 Å². The molecule has 0 unspecified atom stereocenters. The summed E-state index contributed by atoms with van der Waals surface area (Å²) >= 11 is 3.47. The van der Waals surface area contributed by atoms with Crippen LogP contribution in [0.2, 0.25) is 0 Å². The van der Waals surface area contributed by atoms with Crippen LogP contribution in [-0.4, -0.2) is 9.78 Å². The smallest absolute Gasteiger partial charge is 0.175 e. The van der Waals surface area contributed by atoms with E-state index in [1.807, 2.05) is 19.2 Å². The summed E-state index contributed by atoms with van der Waals surface area (Å²) in [6.07, 6.45) is 2.74. The molecule has 1 aromatic carbocycles. The molecule has 3 N–H and O–H groups in total. The van der Waals surface area contributed by atoms with Gasteiger partial charge in [0.25, 0.3) is 0 Å². The van der Waals surface area contributed by atoms with Crippen molar-refractivity contribution in [3.63, 3.8) is 0 Å². The highest BCUT2D eigenvalue weighted by molar-refractivity contribution is 9.10. The Morgan fingerprint density at radius 1 is 1.47 bits per heavy atom. The number of aryl methyl sites for hydroxylation is 2. The number of aromatic nitrogens is 2. The summed E-state index contributed by atoms with van der Waals surface area (Å²) in [5.41, 5.74) is 8.78. The molecule has 0 atom stereocenters. The average Bonchev–Trinajstić information content (AvgIpc) is 2.60. The van der Waals surface area contributed by atoms with E-state index in [2.05, 4.69) is 39.3 Å². The molecule has 0 aliphatic heterocycles. The van der Waals surface area contributed by atoms with Crippen molar-refractivity contribution in [1.29, 1.82) is 0 Å². The zero-order valence-corrected chi connectivity index (χ0v) is 11.5. The number of hydrogen-bond acceptors (Lipinski definition) is 3. The van der Waals surface area contributed by atoms with Gasteiger partial charge in [0.05, 0.1) is 5.69 Å². The van der Waals surface area contributed by atoms with Gasteiger partial charge in [-0.1, -0.05) is 22.9 Å². The normalized spacial score (nSPS) is 10.5. The highest BCUT2D eigenvalue weighted by atomic mass is 79.9. The first-order chi connectivity index (χ1) is 8.10. The minimum Gasteiger partial charge on any atom is -0.394 e. The van der Waals surface area contributed by atoms with Crippen molar-refractivity contribution in [3.05, 3.63) is 34.4 Å². The number of nitrogen functional groups attached to an aromatic ring is 1. The lowest BCUT2D eigenvalue weighted by Crippen LogP contribution is -1.99. The van der Waals surface area contributed by atoms with Crippen molar-refractivity contribution >= 4 is 33.1 Å². The van der Waals surface area contributed by atoms with Gasteiger partial charge in [-0.05, 0) is 30.2 Å². The van der Waals surface area contributed by atoms with Crippen LogP contribution in [0.25, 0.3) is 0 Å². The van der Waals surface area contributed by atoms with Crippen LogP contribution in [0.3, 0.4) is 0 Å². The van der Waals surface area contributed by atoms with Crippen molar-refractivity contribution in [2.45, 2.75) is 13.3 Å². The fourth-order valence-corrected chi connectivity index (χ4v) is 2.12. The van der Waals surface area contributed by atoms with E-state index in [1.165, 1.54) is 5.56 Å². The highest BCUT2D eigenvalue weighted by Crippen LogP contribution is 2.26. The maximum Gasteiger partial charge on any atom is 0.175 e. The van der Waals surface area contributed by atoms with Gasteiger partial charge in [0.2, 0.25) is 0 Å². The van der Waals surface area contributed by atoms with Gasteiger partial charge in [-0.2, -0.15) is 5.10 Å². The van der Waals surface area contributed by atoms with Crippen LogP contribution >= 0.6 is 15.9 Å². The molecule has 0 saturated heterocycles. The van der Waals surface area contributed by atoms with E-state index in [1.54, 1.807) is 10.9 Å². The molecule has 5 heteroatoms. The standard InChI is InChI=1S/C12H15BrN4/c1-3-8-6-9(13)4-5-11(8)15-12-10(14)7-17(2)16-12/h4-7H,3,14H2,1-2H3,(H,15,16). The number of halogens is 1. The molecule has 1 heterocycles. The van der Waals surface area contributed by atoms with Crippen molar-refractivity contribution < 1.29 is 0 Å². The topological polar surface area (TPSA) is 55.9 Å². The predicted octanol–water partition coefficient (Wildman–Crippen LogP) is 3.07. The Morgan fingerprint density at radius 2 is 2.24 bits per heavy atom. The van der Waals surface area contributed by atoms with Crippen molar-refractivity contribution in [1.82, 2.24) is 9.78 Å². The molecule has 0 spiro atoms. The Hall–Kier alpha value is -1.49. The molecule has 0 bridgehead atoms. The van der Waals surface area contributed by atoms with E-state index in [0.29, 0.717) is 11.5 Å². The summed E-state index contributed by atoms with van der Waals surface area (Å²) in [4.78, 5) is 0. The number of nitrogens with zero attached hydrogens (tertiary/aromatic N) is 2. The summed E-state index contributed by atoms with van der Waals surface area (Å²) < 4.78 is 2.77. The van der Waals surface area contributed by atoms with E-state index >= 15 is 0 Å². The molecule has 0 amide bonds. The first-order valence-electron chi connectivity index (χ1n) is 5.44. The predicted molar refractivity (Wildman–Crippen MR) is 74.4 cm³/mol. The number of hydrogen-bond donors (Lipinski definition) is 2. The SMILES string of the molecule is CCc1cc(Br)ccc1Nc1nn(C)cc1N. The van der Waals surface area contributed by atoms with E-state index in [-0.39, 0.29) is 0 Å². The molecule has 2 rings (SSSR count). The number of nitrogens with two attached hydrogens (primary N) is 1.